The van der Waals surface area contributed by atoms with Gasteiger partial charge in [0.25, 0.3) is 11.2 Å². The van der Waals surface area contributed by atoms with Crippen LogP contribution in [0, 0.1) is 10.1 Å². The molecule has 4 rings (SSSR count). The first-order valence-corrected chi connectivity index (χ1v) is 9.31. The van der Waals surface area contributed by atoms with E-state index >= 15 is 0 Å². The lowest BCUT2D eigenvalue weighted by atomic mass is 10.1. The number of fused-ring (bicyclic) bond motifs is 2. The van der Waals surface area contributed by atoms with Crippen LogP contribution < -0.4 is 11.2 Å². The molecule has 0 unspecified atom stereocenters. The molecule has 2 aliphatic heterocycles. The van der Waals surface area contributed by atoms with Crippen LogP contribution in [-0.4, -0.2) is 19.0 Å². The van der Waals surface area contributed by atoms with Gasteiger partial charge in [-0.2, -0.15) is 4.98 Å². The Balaban J connectivity index is 2.07. The van der Waals surface area contributed by atoms with Crippen LogP contribution in [0.1, 0.15) is 19.8 Å². The van der Waals surface area contributed by atoms with E-state index in [9.17, 15) is 19.7 Å². The van der Waals surface area contributed by atoms with Gasteiger partial charge in [0, 0.05) is 24.4 Å². The quantitative estimate of drug-likeness (QED) is 0.295. The Labute approximate surface area is 165 Å². The normalized spacial score (nSPS) is 11.2. The highest BCUT2D eigenvalue weighted by Crippen LogP contribution is 2.28. The first kappa shape index (κ1) is 18.5. The van der Waals surface area contributed by atoms with Gasteiger partial charge in [-0.3, -0.25) is 24.0 Å². The Bertz CT molecular complexity index is 1310. The van der Waals surface area contributed by atoms with E-state index in [0.29, 0.717) is 24.2 Å². The summed E-state index contributed by atoms with van der Waals surface area (Å²) < 4.78 is 2.86. The number of pyridine rings is 1. The zero-order valence-electron chi connectivity index (χ0n) is 15.7. The monoisotopic (exact) mass is 390 g/mol. The number of nitrogens with zero attached hydrogens (tertiary/aromatic N) is 4. The lowest BCUT2D eigenvalue weighted by Gasteiger charge is -2.18. The highest BCUT2D eigenvalue weighted by Gasteiger charge is 2.21. The Hall–Kier alpha value is -3.81. The molecule has 0 aromatic heterocycles. The van der Waals surface area contributed by atoms with E-state index in [1.165, 1.54) is 16.7 Å². The molecule has 146 valence electrons. The molecule has 0 N–H and O–H groups in total. The number of nitro benzene ring substituents is 1. The van der Waals surface area contributed by atoms with Gasteiger partial charge in [0.15, 0.2) is 5.82 Å². The predicted octanol–water partition coefficient (Wildman–Crippen LogP) is 3.36. The zero-order valence-corrected chi connectivity index (χ0v) is 15.7. The van der Waals surface area contributed by atoms with Crippen molar-refractivity contribution >= 4 is 16.6 Å². The maximum absolute atomic E-state index is 13.0. The van der Waals surface area contributed by atoms with E-state index in [2.05, 4.69) is 4.98 Å². The molecule has 0 bridgehead atoms. The Morgan fingerprint density at radius 1 is 1.07 bits per heavy atom. The van der Waals surface area contributed by atoms with Crippen molar-refractivity contribution in [2.75, 3.05) is 0 Å². The molecule has 0 radical (unpaired) electrons. The van der Waals surface area contributed by atoms with E-state index in [-0.39, 0.29) is 17.1 Å². The second-order valence-electron chi connectivity index (χ2n) is 6.75. The predicted molar refractivity (Wildman–Crippen MR) is 110 cm³/mol. The summed E-state index contributed by atoms with van der Waals surface area (Å²) in [5.41, 5.74) is 0.634. The third kappa shape index (κ3) is 3.18. The summed E-state index contributed by atoms with van der Waals surface area (Å²) in [5, 5.41) is 11.8. The molecule has 2 aromatic rings. The fraction of sp³-hybridized carbons (Fsp3) is 0.190. The largest absolute Gasteiger partial charge is 0.352 e. The standard InChI is InChI=1S/C21H18N4O4/c1-2-3-12-23-20(26)17-13-14-6-4-5-7-18(14)24(19(17)22-21(23)27)15-8-10-16(11-9-15)25(28)29/h4-11,13H,2-3,12H2,1H3. The number of rotatable bonds is 5. The van der Waals surface area contributed by atoms with Gasteiger partial charge in [0.1, 0.15) is 0 Å². The van der Waals surface area contributed by atoms with Crippen molar-refractivity contribution in [1.29, 1.82) is 0 Å². The third-order valence-corrected chi connectivity index (χ3v) is 4.89. The van der Waals surface area contributed by atoms with Gasteiger partial charge in [-0.1, -0.05) is 31.5 Å². The maximum Gasteiger partial charge on any atom is 0.352 e. The van der Waals surface area contributed by atoms with Crippen LogP contribution in [0.2, 0.25) is 0 Å². The van der Waals surface area contributed by atoms with Crippen molar-refractivity contribution in [2.45, 2.75) is 26.3 Å². The molecule has 0 saturated carbocycles. The summed E-state index contributed by atoms with van der Waals surface area (Å²) in [5.74, 6) is 0.236. The molecule has 0 fully saturated rings. The first-order chi connectivity index (χ1) is 14.0. The Morgan fingerprint density at radius 3 is 2.48 bits per heavy atom. The number of aromatic nitrogens is 3. The number of para-hydroxylation sites is 1. The van der Waals surface area contributed by atoms with Crippen LogP contribution in [0.5, 0.6) is 0 Å². The van der Waals surface area contributed by atoms with E-state index in [1.807, 2.05) is 31.2 Å². The first-order valence-electron chi connectivity index (χ1n) is 9.31. The highest BCUT2D eigenvalue weighted by atomic mass is 16.6. The number of unbranched alkanes of at least 4 members (excludes halogenated alkanes) is 1. The van der Waals surface area contributed by atoms with Crippen molar-refractivity contribution in [3.8, 4) is 17.1 Å². The fourth-order valence-electron chi connectivity index (χ4n) is 3.42. The third-order valence-electron chi connectivity index (χ3n) is 4.89. The van der Waals surface area contributed by atoms with Crippen LogP contribution in [0.3, 0.4) is 0 Å². The van der Waals surface area contributed by atoms with Crippen LogP contribution in [-0.2, 0) is 6.54 Å². The van der Waals surface area contributed by atoms with Crippen molar-refractivity contribution in [1.82, 2.24) is 14.1 Å². The summed E-state index contributed by atoms with van der Waals surface area (Å²) in [6, 6.07) is 15.1. The molecule has 8 nitrogen and oxygen atoms in total. The molecule has 0 aliphatic carbocycles. The minimum atomic E-state index is -0.595. The highest BCUT2D eigenvalue weighted by molar-refractivity contribution is 5.87. The van der Waals surface area contributed by atoms with Gasteiger partial charge < -0.3 is 0 Å². The zero-order chi connectivity index (χ0) is 20.5. The molecule has 2 heterocycles. The van der Waals surface area contributed by atoms with Crippen LogP contribution in [0.4, 0.5) is 5.69 Å². The Kier molecular flexibility index (Phi) is 4.67. The topological polar surface area (TPSA) is 100 Å². The fourth-order valence-corrected chi connectivity index (χ4v) is 3.42. The number of hydrogen-bond donors (Lipinski definition) is 0. The molecule has 0 atom stereocenters. The maximum atomic E-state index is 13.0. The van der Waals surface area contributed by atoms with E-state index in [0.717, 1.165) is 17.3 Å². The van der Waals surface area contributed by atoms with Gasteiger partial charge in [-0.05, 0) is 36.1 Å². The molecule has 0 amide bonds. The molecule has 2 aromatic carbocycles. The van der Waals surface area contributed by atoms with Gasteiger partial charge in [-0.15, -0.1) is 0 Å². The minimum absolute atomic E-state index is 0.0433. The van der Waals surface area contributed by atoms with Crippen LogP contribution in [0.15, 0.2) is 64.2 Å². The average molecular weight is 390 g/mol. The van der Waals surface area contributed by atoms with Gasteiger partial charge in [-0.25, -0.2) is 4.79 Å². The second-order valence-corrected chi connectivity index (χ2v) is 6.75. The van der Waals surface area contributed by atoms with Gasteiger partial charge in [0.2, 0.25) is 0 Å². The number of nitro groups is 1. The van der Waals surface area contributed by atoms with Gasteiger partial charge >= 0.3 is 5.69 Å². The lowest BCUT2D eigenvalue weighted by Crippen LogP contribution is -2.38. The summed E-state index contributed by atoms with van der Waals surface area (Å²) in [7, 11) is 0. The molecule has 0 spiro atoms. The van der Waals surface area contributed by atoms with E-state index in [1.54, 1.807) is 22.8 Å². The van der Waals surface area contributed by atoms with Crippen LogP contribution >= 0.6 is 0 Å². The summed E-state index contributed by atoms with van der Waals surface area (Å²) in [6.45, 7) is 2.31. The number of hydrogen-bond acceptors (Lipinski definition) is 5. The SMILES string of the molecule is CCCCn1c(=O)nc2n(-c3ccc([N+](=O)[O-])cc3)c3ccccc3cc-2c1=O. The summed E-state index contributed by atoms with van der Waals surface area (Å²) in [4.78, 5) is 40.3. The van der Waals surface area contributed by atoms with E-state index in [4.69, 9.17) is 0 Å². The molecular weight excluding hydrogens is 372 g/mol. The second kappa shape index (κ2) is 7.31. The smallest absolute Gasteiger partial charge is 0.294 e. The van der Waals surface area contributed by atoms with Crippen molar-refractivity contribution in [2.24, 2.45) is 0 Å². The van der Waals surface area contributed by atoms with Crippen LogP contribution in [0.25, 0.3) is 28.0 Å². The lowest BCUT2D eigenvalue weighted by molar-refractivity contribution is -0.384. The number of non-ortho nitro benzene ring substituents is 1. The molecular formula is C21H18N4O4. The molecule has 0 saturated heterocycles. The average Bonchev–Trinajstić information content (AvgIpc) is 2.72. The van der Waals surface area contributed by atoms with Crippen molar-refractivity contribution < 1.29 is 4.92 Å². The van der Waals surface area contributed by atoms with Crippen molar-refractivity contribution in [3.05, 3.63) is 85.5 Å². The van der Waals surface area contributed by atoms with E-state index < -0.39 is 10.6 Å². The summed E-state index contributed by atoms with van der Waals surface area (Å²) >= 11 is 0. The number of benzene rings is 2. The Morgan fingerprint density at radius 2 is 1.79 bits per heavy atom. The molecule has 29 heavy (non-hydrogen) atoms. The molecule has 2 aliphatic rings. The summed E-state index contributed by atoms with van der Waals surface area (Å²) in [6.07, 6.45) is 1.56. The molecule has 8 heteroatoms. The minimum Gasteiger partial charge on any atom is -0.294 e. The van der Waals surface area contributed by atoms with Gasteiger partial charge in [0.05, 0.1) is 16.0 Å². The van der Waals surface area contributed by atoms with Crippen molar-refractivity contribution in [3.63, 3.8) is 0 Å².